The smallest absolute Gasteiger partial charge is 0.255 e. The summed E-state index contributed by atoms with van der Waals surface area (Å²) in [6.45, 7) is 2.42. The van der Waals surface area contributed by atoms with Crippen molar-refractivity contribution in [3.8, 4) is 11.5 Å². The van der Waals surface area contributed by atoms with E-state index in [9.17, 15) is 15.0 Å². The van der Waals surface area contributed by atoms with Crippen LogP contribution in [0.3, 0.4) is 0 Å². The number of hydrogen-bond donors (Lipinski definition) is 4. The van der Waals surface area contributed by atoms with Gasteiger partial charge < -0.3 is 21.3 Å². The van der Waals surface area contributed by atoms with Gasteiger partial charge in [0.05, 0.1) is 5.56 Å². The third-order valence-electron chi connectivity index (χ3n) is 2.75. The molecular formula is C13H20N2O3. The standard InChI is InChI=1S/C13H20N2O3/c1-2-3-4-9(8-14)15-13(18)11-7-10(16)5-6-12(11)17/h5-7,9,16-17H,2-4,8,14H2,1H3,(H,15,18). The second-order valence-electron chi connectivity index (χ2n) is 4.25. The van der Waals surface area contributed by atoms with Crippen LogP contribution >= 0.6 is 0 Å². The maximum atomic E-state index is 11.9. The van der Waals surface area contributed by atoms with Gasteiger partial charge in [-0.25, -0.2) is 0 Å². The Morgan fingerprint density at radius 3 is 2.78 bits per heavy atom. The molecule has 1 unspecified atom stereocenters. The van der Waals surface area contributed by atoms with Crippen LogP contribution in [0, 0.1) is 0 Å². The van der Waals surface area contributed by atoms with Crippen molar-refractivity contribution >= 4 is 5.91 Å². The first-order valence-corrected chi connectivity index (χ1v) is 6.11. The Kier molecular flexibility index (Phi) is 5.45. The van der Waals surface area contributed by atoms with Crippen molar-refractivity contribution < 1.29 is 15.0 Å². The minimum atomic E-state index is -0.421. The van der Waals surface area contributed by atoms with E-state index < -0.39 is 5.91 Å². The van der Waals surface area contributed by atoms with E-state index >= 15 is 0 Å². The van der Waals surface area contributed by atoms with E-state index in [1.165, 1.54) is 18.2 Å². The molecule has 0 heterocycles. The number of carbonyl (C=O) groups is 1. The Balaban J connectivity index is 2.71. The quantitative estimate of drug-likeness (QED) is 0.575. The molecule has 1 aromatic rings. The third kappa shape index (κ3) is 3.92. The van der Waals surface area contributed by atoms with Gasteiger partial charge in [0.1, 0.15) is 11.5 Å². The van der Waals surface area contributed by atoms with Crippen LogP contribution in [0.15, 0.2) is 18.2 Å². The Morgan fingerprint density at radius 2 is 2.17 bits per heavy atom. The summed E-state index contributed by atoms with van der Waals surface area (Å²) in [6, 6.07) is 3.73. The summed E-state index contributed by atoms with van der Waals surface area (Å²) in [5.74, 6) is -0.637. The fraction of sp³-hybridized carbons (Fsp3) is 0.462. The molecule has 1 rings (SSSR count). The summed E-state index contributed by atoms with van der Waals surface area (Å²) in [4.78, 5) is 11.9. The molecule has 0 aromatic heterocycles. The van der Waals surface area contributed by atoms with Crippen LogP contribution in [0.2, 0.25) is 0 Å². The Labute approximate surface area is 107 Å². The lowest BCUT2D eigenvalue weighted by Gasteiger charge is -2.16. The van der Waals surface area contributed by atoms with Gasteiger partial charge in [0.15, 0.2) is 0 Å². The van der Waals surface area contributed by atoms with Gasteiger partial charge in [-0.1, -0.05) is 19.8 Å². The van der Waals surface area contributed by atoms with Gasteiger partial charge in [-0.2, -0.15) is 0 Å². The third-order valence-corrected chi connectivity index (χ3v) is 2.75. The number of hydrogen-bond acceptors (Lipinski definition) is 4. The Bertz CT molecular complexity index is 407. The predicted octanol–water partition coefficient (Wildman–Crippen LogP) is 1.35. The molecule has 0 aliphatic carbocycles. The molecule has 0 spiro atoms. The minimum absolute atomic E-state index is 0.0594. The predicted molar refractivity (Wildman–Crippen MR) is 69.6 cm³/mol. The van der Waals surface area contributed by atoms with Crippen molar-refractivity contribution in [1.29, 1.82) is 0 Å². The first-order valence-electron chi connectivity index (χ1n) is 6.11. The van der Waals surface area contributed by atoms with Crippen molar-refractivity contribution in [2.45, 2.75) is 32.2 Å². The molecule has 5 N–H and O–H groups in total. The van der Waals surface area contributed by atoms with Crippen molar-refractivity contribution in [2.75, 3.05) is 6.54 Å². The Morgan fingerprint density at radius 1 is 1.44 bits per heavy atom. The average Bonchev–Trinajstić information content (AvgIpc) is 2.37. The Hall–Kier alpha value is -1.75. The molecular weight excluding hydrogens is 232 g/mol. The largest absolute Gasteiger partial charge is 0.508 e. The SMILES string of the molecule is CCCCC(CN)NC(=O)c1cc(O)ccc1O. The molecule has 0 bridgehead atoms. The maximum absolute atomic E-state index is 11.9. The molecule has 0 saturated heterocycles. The van der Waals surface area contributed by atoms with Crippen molar-refractivity contribution in [2.24, 2.45) is 5.73 Å². The normalized spacial score (nSPS) is 12.1. The van der Waals surface area contributed by atoms with Crippen LogP contribution in [-0.4, -0.2) is 28.7 Å². The number of rotatable bonds is 6. The molecule has 0 saturated carbocycles. The van der Waals surface area contributed by atoms with Crippen molar-refractivity contribution in [1.82, 2.24) is 5.32 Å². The lowest BCUT2D eigenvalue weighted by molar-refractivity contribution is 0.0932. The summed E-state index contributed by atoms with van der Waals surface area (Å²) in [7, 11) is 0. The van der Waals surface area contributed by atoms with Crippen molar-refractivity contribution in [3.05, 3.63) is 23.8 Å². The van der Waals surface area contributed by atoms with Crippen LogP contribution in [-0.2, 0) is 0 Å². The summed E-state index contributed by atoms with van der Waals surface area (Å²) in [6.07, 6.45) is 2.82. The van der Waals surface area contributed by atoms with E-state index in [2.05, 4.69) is 12.2 Å². The molecule has 18 heavy (non-hydrogen) atoms. The van der Waals surface area contributed by atoms with Crippen LogP contribution in [0.25, 0.3) is 0 Å². The fourth-order valence-corrected chi connectivity index (χ4v) is 1.67. The maximum Gasteiger partial charge on any atom is 0.255 e. The first kappa shape index (κ1) is 14.3. The molecule has 5 nitrogen and oxygen atoms in total. The number of phenols is 2. The number of amides is 1. The summed E-state index contributed by atoms with van der Waals surface area (Å²) in [5, 5.41) is 21.6. The number of nitrogens with two attached hydrogens (primary N) is 1. The van der Waals surface area contributed by atoms with Crippen LogP contribution in [0.5, 0.6) is 11.5 Å². The fourth-order valence-electron chi connectivity index (χ4n) is 1.67. The van der Waals surface area contributed by atoms with E-state index in [4.69, 9.17) is 5.73 Å². The zero-order valence-electron chi connectivity index (χ0n) is 10.5. The topological polar surface area (TPSA) is 95.6 Å². The molecule has 1 amide bonds. The minimum Gasteiger partial charge on any atom is -0.508 e. The second-order valence-corrected chi connectivity index (χ2v) is 4.25. The van der Waals surface area contributed by atoms with Gasteiger partial charge in [-0.15, -0.1) is 0 Å². The molecule has 100 valence electrons. The number of phenolic OH excluding ortho intramolecular Hbond substituents is 2. The molecule has 0 radical (unpaired) electrons. The van der Waals surface area contributed by atoms with Crippen LogP contribution < -0.4 is 11.1 Å². The molecule has 0 aliphatic heterocycles. The number of nitrogens with one attached hydrogen (secondary N) is 1. The van der Waals surface area contributed by atoms with Gasteiger partial charge in [-0.3, -0.25) is 4.79 Å². The van der Waals surface area contributed by atoms with Gasteiger partial charge in [0, 0.05) is 12.6 Å². The van der Waals surface area contributed by atoms with Crippen LogP contribution in [0.1, 0.15) is 36.5 Å². The molecule has 1 aromatic carbocycles. The highest BCUT2D eigenvalue weighted by Crippen LogP contribution is 2.22. The zero-order valence-corrected chi connectivity index (χ0v) is 10.5. The van der Waals surface area contributed by atoms with E-state index in [0.717, 1.165) is 19.3 Å². The monoisotopic (exact) mass is 252 g/mol. The number of benzene rings is 1. The lowest BCUT2D eigenvalue weighted by atomic mass is 10.1. The zero-order chi connectivity index (χ0) is 13.5. The average molecular weight is 252 g/mol. The molecule has 0 fully saturated rings. The number of aromatic hydroxyl groups is 2. The summed E-state index contributed by atoms with van der Waals surface area (Å²) in [5.41, 5.74) is 5.64. The number of carbonyl (C=O) groups excluding carboxylic acids is 1. The molecule has 5 heteroatoms. The van der Waals surface area contributed by atoms with Gasteiger partial charge in [0.25, 0.3) is 5.91 Å². The van der Waals surface area contributed by atoms with Gasteiger partial charge in [-0.05, 0) is 24.6 Å². The summed E-state index contributed by atoms with van der Waals surface area (Å²) < 4.78 is 0. The number of unbranched alkanes of at least 4 members (excludes halogenated alkanes) is 1. The van der Waals surface area contributed by atoms with E-state index in [1.54, 1.807) is 0 Å². The highest BCUT2D eigenvalue weighted by molar-refractivity contribution is 5.97. The lowest BCUT2D eigenvalue weighted by Crippen LogP contribution is -2.40. The van der Waals surface area contributed by atoms with Crippen molar-refractivity contribution in [3.63, 3.8) is 0 Å². The summed E-state index contributed by atoms with van der Waals surface area (Å²) >= 11 is 0. The van der Waals surface area contributed by atoms with Gasteiger partial charge >= 0.3 is 0 Å². The van der Waals surface area contributed by atoms with Crippen LogP contribution in [0.4, 0.5) is 0 Å². The molecule has 0 aliphatic rings. The van der Waals surface area contributed by atoms with E-state index in [1.807, 2.05) is 0 Å². The highest BCUT2D eigenvalue weighted by Gasteiger charge is 2.15. The van der Waals surface area contributed by atoms with Gasteiger partial charge in [0.2, 0.25) is 0 Å². The second kappa shape index (κ2) is 6.86. The first-order chi connectivity index (χ1) is 8.58. The molecule has 1 atom stereocenters. The van der Waals surface area contributed by atoms with E-state index in [0.29, 0.717) is 6.54 Å². The highest BCUT2D eigenvalue weighted by atomic mass is 16.3. The van der Waals surface area contributed by atoms with E-state index in [-0.39, 0.29) is 23.1 Å².